The van der Waals surface area contributed by atoms with Crippen molar-refractivity contribution in [2.24, 2.45) is 7.05 Å². The maximum Gasteiger partial charge on any atom is 0.337 e. The molecule has 2 aromatic carbocycles. The number of rotatable bonds is 3. The molecule has 0 atom stereocenters. The van der Waals surface area contributed by atoms with Crippen LogP contribution in [0.5, 0.6) is 0 Å². The lowest BCUT2D eigenvalue weighted by molar-refractivity contribution is -0.645. The van der Waals surface area contributed by atoms with E-state index in [1.54, 1.807) is 12.1 Å². The number of para-hydroxylation sites is 2. The summed E-state index contributed by atoms with van der Waals surface area (Å²) in [6, 6.07) is 15.8. The van der Waals surface area contributed by atoms with E-state index in [9.17, 15) is 4.79 Å². The van der Waals surface area contributed by atoms with E-state index >= 15 is 0 Å². The second-order valence-electron chi connectivity index (χ2n) is 5.03. The van der Waals surface area contributed by atoms with E-state index in [2.05, 4.69) is 27.6 Å². The monoisotopic (exact) mass is 360 g/mol. The molecule has 0 saturated carbocycles. The highest BCUT2D eigenvalue weighted by Crippen LogP contribution is 2.13. The van der Waals surface area contributed by atoms with Gasteiger partial charge in [0.1, 0.15) is 6.54 Å². The van der Waals surface area contributed by atoms with Crippen LogP contribution in [-0.2, 0) is 18.3 Å². The Labute approximate surface area is 139 Å². The smallest absolute Gasteiger partial charge is 0.337 e. The standard InChI is InChI=1S/C17H17N2O2.BrH/c1-18-12-19(16-6-4-3-5-15(16)18)11-13-7-9-14(10-8-13)17(20)21-2;/h3-10,12H,11H2,1-2H3;1H/q+1;/p-1. The van der Waals surface area contributed by atoms with Crippen molar-refractivity contribution in [3.8, 4) is 0 Å². The first-order chi connectivity index (χ1) is 10.2. The second kappa shape index (κ2) is 6.75. The van der Waals surface area contributed by atoms with Gasteiger partial charge in [-0.1, -0.05) is 24.3 Å². The van der Waals surface area contributed by atoms with Crippen LogP contribution in [0, 0.1) is 0 Å². The fourth-order valence-electron chi connectivity index (χ4n) is 2.53. The van der Waals surface area contributed by atoms with Crippen LogP contribution in [0.15, 0.2) is 54.9 Å². The first kappa shape index (κ1) is 16.2. The van der Waals surface area contributed by atoms with Gasteiger partial charge in [-0.25, -0.2) is 13.9 Å². The van der Waals surface area contributed by atoms with Crippen LogP contribution in [0.1, 0.15) is 15.9 Å². The Morgan fingerprint density at radius 1 is 1.14 bits per heavy atom. The number of hydrogen-bond donors (Lipinski definition) is 0. The molecule has 0 amide bonds. The van der Waals surface area contributed by atoms with Gasteiger partial charge < -0.3 is 21.7 Å². The summed E-state index contributed by atoms with van der Waals surface area (Å²) in [6.45, 7) is 0.767. The number of carbonyl (C=O) groups excluding carboxylic acids is 1. The van der Waals surface area contributed by atoms with E-state index in [0.717, 1.165) is 12.1 Å². The van der Waals surface area contributed by atoms with E-state index in [1.807, 2.05) is 31.3 Å². The molecular formula is C17H17BrN2O2. The minimum absolute atomic E-state index is 0. The van der Waals surface area contributed by atoms with Gasteiger partial charge in [0.05, 0.1) is 19.7 Å². The lowest BCUT2D eigenvalue weighted by Gasteiger charge is -2.02. The number of hydrogen-bond acceptors (Lipinski definition) is 2. The van der Waals surface area contributed by atoms with Crippen LogP contribution in [0.3, 0.4) is 0 Å². The zero-order valence-corrected chi connectivity index (χ0v) is 14.1. The molecule has 4 nitrogen and oxygen atoms in total. The van der Waals surface area contributed by atoms with Gasteiger partial charge in [0.25, 0.3) is 0 Å². The highest BCUT2D eigenvalue weighted by atomic mass is 79.9. The van der Waals surface area contributed by atoms with Gasteiger partial charge in [-0.2, -0.15) is 0 Å². The van der Waals surface area contributed by atoms with Crippen LogP contribution in [0.2, 0.25) is 0 Å². The second-order valence-corrected chi connectivity index (χ2v) is 5.03. The van der Waals surface area contributed by atoms with Crippen LogP contribution >= 0.6 is 0 Å². The van der Waals surface area contributed by atoms with Gasteiger partial charge in [-0.3, -0.25) is 0 Å². The van der Waals surface area contributed by atoms with E-state index in [-0.39, 0.29) is 23.0 Å². The van der Waals surface area contributed by atoms with Crippen molar-refractivity contribution < 1.29 is 31.1 Å². The largest absolute Gasteiger partial charge is 1.00 e. The first-order valence-corrected chi connectivity index (χ1v) is 6.80. The topological polar surface area (TPSA) is 35.1 Å². The number of benzene rings is 2. The summed E-state index contributed by atoms with van der Waals surface area (Å²) in [7, 11) is 3.43. The Balaban J connectivity index is 0.00000176. The van der Waals surface area contributed by atoms with E-state index in [1.165, 1.54) is 18.1 Å². The summed E-state index contributed by atoms with van der Waals surface area (Å²) < 4.78 is 9.01. The molecule has 0 spiro atoms. The number of halogens is 1. The Bertz CT molecular complexity index is 794. The third-order valence-electron chi connectivity index (χ3n) is 3.61. The Hall–Kier alpha value is -2.14. The van der Waals surface area contributed by atoms with Crippen LogP contribution < -0.4 is 21.5 Å². The van der Waals surface area contributed by atoms with Gasteiger partial charge in [0, 0.05) is 0 Å². The number of methoxy groups -OCH3 is 1. The first-order valence-electron chi connectivity index (χ1n) is 6.80. The molecule has 3 rings (SSSR count). The van der Waals surface area contributed by atoms with Crippen LogP contribution in [0.4, 0.5) is 0 Å². The molecule has 0 aliphatic heterocycles. The number of imidazole rings is 1. The molecule has 22 heavy (non-hydrogen) atoms. The average Bonchev–Trinajstić information content (AvgIpc) is 2.84. The number of aromatic nitrogens is 2. The fourth-order valence-corrected chi connectivity index (χ4v) is 2.53. The lowest BCUT2D eigenvalue weighted by atomic mass is 10.1. The van der Waals surface area contributed by atoms with Gasteiger partial charge in [0.2, 0.25) is 6.33 Å². The quantitative estimate of drug-likeness (QED) is 0.457. The summed E-state index contributed by atoms with van der Waals surface area (Å²) >= 11 is 0. The Morgan fingerprint density at radius 3 is 2.50 bits per heavy atom. The number of ether oxygens (including phenoxy) is 1. The third kappa shape index (κ3) is 3.04. The molecule has 0 unspecified atom stereocenters. The van der Waals surface area contributed by atoms with Crippen LogP contribution in [0.25, 0.3) is 11.0 Å². The summed E-state index contributed by atoms with van der Waals surface area (Å²) in [5.74, 6) is -0.306. The molecule has 1 aromatic heterocycles. The minimum atomic E-state index is -0.306. The fraction of sp³-hybridized carbons (Fsp3) is 0.176. The minimum Gasteiger partial charge on any atom is -1.00 e. The molecule has 0 bridgehead atoms. The van der Waals surface area contributed by atoms with Crippen molar-refractivity contribution in [1.29, 1.82) is 0 Å². The van der Waals surface area contributed by atoms with Gasteiger partial charge in [0.15, 0.2) is 11.0 Å². The van der Waals surface area contributed by atoms with E-state index in [0.29, 0.717) is 5.56 Å². The molecule has 0 aliphatic carbocycles. The zero-order valence-electron chi connectivity index (χ0n) is 12.5. The molecule has 0 radical (unpaired) electrons. The summed E-state index contributed by atoms with van der Waals surface area (Å²) in [5.41, 5.74) is 4.11. The molecule has 5 heteroatoms. The van der Waals surface area contributed by atoms with E-state index in [4.69, 9.17) is 4.74 Å². The van der Waals surface area contributed by atoms with Crippen molar-refractivity contribution in [2.75, 3.05) is 7.11 Å². The maximum absolute atomic E-state index is 11.4. The Kier molecular flexibility index (Phi) is 4.98. The predicted octanol–water partition coefficient (Wildman–Crippen LogP) is -0.695. The van der Waals surface area contributed by atoms with Crippen molar-refractivity contribution in [3.63, 3.8) is 0 Å². The molecule has 114 valence electrons. The number of esters is 1. The third-order valence-corrected chi connectivity index (χ3v) is 3.61. The highest BCUT2D eigenvalue weighted by molar-refractivity contribution is 5.89. The number of carbonyl (C=O) groups is 1. The maximum atomic E-state index is 11.4. The molecule has 0 fully saturated rings. The molecule has 3 aromatic rings. The zero-order chi connectivity index (χ0) is 14.8. The molecule has 0 aliphatic rings. The summed E-state index contributed by atoms with van der Waals surface area (Å²) in [4.78, 5) is 11.4. The van der Waals surface area contributed by atoms with Crippen molar-refractivity contribution in [1.82, 2.24) is 4.57 Å². The number of nitrogens with zero attached hydrogens (tertiary/aromatic N) is 2. The van der Waals surface area contributed by atoms with Crippen molar-refractivity contribution in [3.05, 3.63) is 66.0 Å². The summed E-state index contributed by atoms with van der Waals surface area (Å²) in [6.07, 6.45) is 2.08. The van der Waals surface area contributed by atoms with Crippen molar-refractivity contribution >= 4 is 17.0 Å². The number of aryl methyl sites for hydroxylation is 1. The van der Waals surface area contributed by atoms with Gasteiger partial charge in [-0.05, 0) is 29.8 Å². The Morgan fingerprint density at radius 2 is 1.82 bits per heavy atom. The lowest BCUT2D eigenvalue weighted by Crippen LogP contribution is -3.00. The predicted molar refractivity (Wildman–Crippen MR) is 80.0 cm³/mol. The van der Waals surface area contributed by atoms with Gasteiger partial charge >= 0.3 is 5.97 Å². The molecule has 0 N–H and O–H groups in total. The highest BCUT2D eigenvalue weighted by Gasteiger charge is 2.13. The molecular weight excluding hydrogens is 344 g/mol. The van der Waals surface area contributed by atoms with Gasteiger partial charge in [-0.15, -0.1) is 0 Å². The normalized spacial score (nSPS) is 10.3. The molecule has 1 heterocycles. The average molecular weight is 361 g/mol. The van der Waals surface area contributed by atoms with Crippen molar-refractivity contribution in [2.45, 2.75) is 6.54 Å². The summed E-state index contributed by atoms with van der Waals surface area (Å²) in [5, 5.41) is 0. The molecule has 0 saturated heterocycles. The number of fused-ring (bicyclic) bond motifs is 1. The van der Waals surface area contributed by atoms with Crippen LogP contribution in [-0.4, -0.2) is 17.6 Å². The SMILES string of the molecule is COC(=O)c1ccc(Cn2c[n+](C)c3ccccc32)cc1.[Br-]. The van der Waals surface area contributed by atoms with E-state index < -0.39 is 0 Å².